The Bertz CT molecular complexity index is 521. The van der Waals surface area contributed by atoms with E-state index in [2.05, 4.69) is 17.1 Å². The third-order valence-electron chi connectivity index (χ3n) is 4.29. The average Bonchev–Trinajstić information content (AvgIpc) is 2.50. The number of hydrogen-bond donors (Lipinski definition) is 1. The van der Waals surface area contributed by atoms with Crippen LogP contribution in [0.15, 0.2) is 18.2 Å². The first-order valence-corrected chi connectivity index (χ1v) is 8.71. The summed E-state index contributed by atoms with van der Waals surface area (Å²) in [7, 11) is 0. The minimum atomic E-state index is 0.0776. The van der Waals surface area contributed by atoms with Crippen LogP contribution in [0.5, 0.6) is 0 Å². The highest BCUT2D eigenvalue weighted by Gasteiger charge is 2.26. The van der Waals surface area contributed by atoms with Gasteiger partial charge in [-0.15, -0.1) is 0 Å². The van der Waals surface area contributed by atoms with E-state index in [0.29, 0.717) is 10.0 Å². The van der Waals surface area contributed by atoms with E-state index in [1.165, 1.54) is 0 Å². The summed E-state index contributed by atoms with van der Waals surface area (Å²) in [4.78, 5) is 14.6. The lowest BCUT2D eigenvalue weighted by Crippen LogP contribution is -2.44. The molecule has 2 atom stereocenters. The topological polar surface area (TPSA) is 32.3 Å². The van der Waals surface area contributed by atoms with E-state index in [1.54, 1.807) is 6.07 Å². The number of benzene rings is 1. The molecular weight excluding hydrogens is 319 g/mol. The maximum atomic E-state index is 12.3. The molecule has 0 saturated carbocycles. The van der Waals surface area contributed by atoms with E-state index in [-0.39, 0.29) is 17.9 Å². The first-order valence-electron chi connectivity index (χ1n) is 7.96. The van der Waals surface area contributed by atoms with Crippen LogP contribution in [0.2, 0.25) is 10.0 Å². The summed E-state index contributed by atoms with van der Waals surface area (Å²) in [5.41, 5.74) is 1.06. The molecule has 3 nitrogen and oxygen atoms in total. The van der Waals surface area contributed by atoms with Crippen molar-refractivity contribution in [1.82, 2.24) is 10.2 Å². The van der Waals surface area contributed by atoms with Gasteiger partial charge < -0.3 is 5.32 Å². The number of likely N-dealkylation sites (tertiary alicyclic amines) is 1. The third-order valence-corrected chi connectivity index (χ3v) is 4.87. The number of nitrogens with zero attached hydrogens (tertiary/aromatic N) is 1. The molecule has 1 aromatic rings. The van der Waals surface area contributed by atoms with Gasteiger partial charge in [-0.25, -0.2) is 0 Å². The molecule has 0 aliphatic carbocycles. The number of carbonyl (C=O) groups excluding carboxylic acids is 1. The van der Waals surface area contributed by atoms with Gasteiger partial charge in [0.15, 0.2) is 0 Å². The predicted molar refractivity (Wildman–Crippen MR) is 92.4 cm³/mol. The Labute approximate surface area is 143 Å². The third kappa shape index (κ3) is 4.87. The van der Waals surface area contributed by atoms with Gasteiger partial charge in [-0.2, -0.15) is 0 Å². The Kier molecular flexibility index (Phi) is 6.54. The van der Waals surface area contributed by atoms with Gasteiger partial charge in [-0.1, -0.05) is 36.2 Å². The van der Waals surface area contributed by atoms with Gasteiger partial charge in [0.2, 0.25) is 5.91 Å². The van der Waals surface area contributed by atoms with Crippen molar-refractivity contribution in [3.05, 3.63) is 33.8 Å². The van der Waals surface area contributed by atoms with Crippen LogP contribution >= 0.6 is 23.2 Å². The minimum absolute atomic E-state index is 0.0776. The van der Waals surface area contributed by atoms with E-state index < -0.39 is 0 Å². The number of hydrogen-bond acceptors (Lipinski definition) is 2. The largest absolute Gasteiger partial charge is 0.353 e. The normalized spacial score (nSPS) is 20.6. The Hall–Kier alpha value is -0.770. The molecular formula is C17H24Cl2N2O. The second-order valence-corrected chi connectivity index (χ2v) is 6.97. The standard InChI is InChI=1S/C17H24Cl2N2O/c1-3-12(2)20-17(22)14-5-4-8-21(11-14)10-13-6-7-15(18)9-16(13)19/h6-7,9,12,14H,3-5,8,10-11H2,1-2H3,(H,20,22)/t12-,14-/m1/s1. The second-order valence-electron chi connectivity index (χ2n) is 6.13. The Balaban J connectivity index is 1.94. The Morgan fingerprint density at radius 3 is 2.91 bits per heavy atom. The lowest BCUT2D eigenvalue weighted by atomic mass is 9.96. The molecule has 0 radical (unpaired) electrons. The molecule has 1 heterocycles. The van der Waals surface area contributed by atoms with E-state index >= 15 is 0 Å². The highest BCUT2D eigenvalue weighted by molar-refractivity contribution is 6.35. The summed E-state index contributed by atoms with van der Waals surface area (Å²) < 4.78 is 0. The molecule has 1 saturated heterocycles. The molecule has 1 amide bonds. The molecule has 0 bridgehead atoms. The molecule has 1 aliphatic heterocycles. The first kappa shape index (κ1) is 17.6. The van der Waals surface area contributed by atoms with Gasteiger partial charge in [-0.05, 0) is 50.4 Å². The summed E-state index contributed by atoms with van der Waals surface area (Å²) in [6, 6.07) is 5.84. The van der Waals surface area contributed by atoms with Crippen LogP contribution in [0.1, 0.15) is 38.7 Å². The fourth-order valence-electron chi connectivity index (χ4n) is 2.77. The fourth-order valence-corrected chi connectivity index (χ4v) is 3.23. The lowest BCUT2D eigenvalue weighted by molar-refractivity contribution is -0.127. The van der Waals surface area contributed by atoms with Crippen LogP contribution in [0, 0.1) is 5.92 Å². The zero-order chi connectivity index (χ0) is 16.1. The number of piperidine rings is 1. The van der Waals surface area contributed by atoms with Crippen LogP contribution in [0.3, 0.4) is 0 Å². The number of carbonyl (C=O) groups is 1. The first-order chi connectivity index (χ1) is 10.5. The highest BCUT2D eigenvalue weighted by Crippen LogP contribution is 2.25. The van der Waals surface area contributed by atoms with Crippen LogP contribution in [0.25, 0.3) is 0 Å². The molecule has 5 heteroatoms. The smallest absolute Gasteiger partial charge is 0.224 e. The Morgan fingerprint density at radius 1 is 1.45 bits per heavy atom. The van der Waals surface area contributed by atoms with Crippen LogP contribution < -0.4 is 5.32 Å². The molecule has 122 valence electrons. The maximum absolute atomic E-state index is 12.3. The summed E-state index contributed by atoms with van der Waals surface area (Å²) in [5, 5.41) is 4.44. The fraction of sp³-hybridized carbons (Fsp3) is 0.588. The number of nitrogens with one attached hydrogen (secondary N) is 1. The molecule has 1 N–H and O–H groups in total. The van der Waals surface area contributed by atoms with Gasteiger partial charge in [0, 0.05) is 29.2 Å². The van der Waals surface area contributed by atoms with Crippen molar-refractivity contribution in [3.63, 3.8) is 0 Å². The summed E-state index contributed by atoms with van der Waals surface area (Å²) >= 11 is 12.2. The van der Waals surface area contributed by atoms with Crippen molar-refractivity contribution in [2.24, 2.45) is 5.92 Å². The van der Waals surface area contributed by atoms with Gasteiger partial charge >= 0.3 is 0 Å². The van der Waals surface area contributed by atoms with Gasteiger partial charge in [0.05, 0.1) is 5.92 Å². The van der Waals surface area contributed by atoms with Crippen molar-refractivity contribution in [2.75, 3.05) is 13.1 Å². The molecule has 22 heavy (non-hydrogen) atoms. The monoisotopic (exact) mass is 342 g/mol. The highest BCUT2D eigenvalue weighted by atomic mass is 35.5. The van der Waals surface area contributed by atoms with E-state index in [9.17, 15) is 4.79 Å². The Morgan fingerprint density at radius 2 is 2.23 bits per heavy atom. The van der Waals surface area contributed by atoms with Crippen molar-refractivity contribution in [2.45, 2.75) is 45.7 Å². The molecule has 1 fully saturated rings. The van der Waals surface area contributed by atoms with Crippen molar-refractivity contribution in [1.29, 1.82) is 0 Å². The van der Waals surface area contributed by atoms with Crippen LogP contribution in [-0.4, -0.2) is 29.9 Å². The van der Waals surface area contributed by atoms with Crippen LogP contribution in [-0.2, 0) is 11.3 Å². The molecule has 2 rings (SSSR count). The van der Waals surface area contributed by atoms with E-state index in [4.69, 9.17) is 23.2 Å². The van der Waals surface area contributed by atoms with Gasteiger partial charge in [-0.3, -0.25) is 9.69 Å². The van der Waals surface area contributed by atoms with Crippen molar-refractivity contribution < 1.29 is 4.79 Å². The quantitative estimate of drug-likeness (QED) is 0.872. The maximum Gasteiger partial charge on any atom is 0.224 e. The zero-order valence-electron chi connectivity index (χ0n) is 13.2. The number of halogens is 2. The summed E-state index contributed by atoms with van der Waals surface area (Å²) in [5.74, 6) is 0.259. The van der Waals surface area contributed by atoms with Crippen molar-refractivity contribution in [3.8, 4) is 0 Å². The molecule has 0 spiro atoms. The zero-order valence-corrected chi connectivity index (χ0v) is 14.8. The summed E-state index contributed by atoms with van der Waals surface area (Å²) in [6.45, 7) is 6.70. The van der Waals surface area contributed by atoms with E-state index in [0.717, 1.165) is 44.5 Å². The number of rotatable bonds is 5. The molecule has 0 aromatic heterocycles. The van der Waals surface area contributed by atoms with Gasteiger partial charge in [0.1, 0.15) is 0 Å². The molecule has 0 unspecified atom stereocenters. The average molecular weight is 343 g/mol. The minimum Gasteiger partial charge on any atom is -0.353 e. The van der Waals surface area contributed by atoms with Gasteiger partial charge in [0.25, 0.3) is 0 Å². The molecule has 1 aromatic carbocycles. The molecule has 1 aliphatic rings. The summed E-state index contributed by atoms with van der Waals surface area (Å²) in [6.07, 6.45) is 2.97. The SMILES string of the molecule is CC[C@@H](C)NC(=O)[C@@H]1CCCN(Cc2ccc(Cl)cc2Cl)C1. The number of amides is 1. The van der Waals surface area contributed by atoms with Crippen LogP contribution in [0.4, 0.5) is 0 Å². The second kappa shape index (κ2) is 8.19. The predicted octanol–water partition coefficient (Wildman–Crippen LogP) is 4.12. The lowest BCUT2D eigenvalue weighted by Gasteiger charge is -2.32. The van der Waals surface area contributed by atoms with E-state index in [1.807, 2.05) is 19.1 Å². The van der Waals surface area contributed by atoms with Crippen molar-refractivity contribution >= 4 is 29.1 Å².